The number of hydrogen-bond donors (Lipinski definition) is 2. The fourth-order valence-electron chi connectivity index (χ4n) is 2.94. The maximum Gasteiger partial charge on any atom is 0.0873 e. The fraction of sp³-hybridized carbons (Fsp3) is 0.600. The molecule has 17 heavy (non-hydrogen) atoms. The smallest absolute Gasteiger partial charge is 0.0873 e. The average Bonchev–Trinajstić information content (AvgIpc) is 2.30. The Labute approximate surface area is 104 Å². The molecule has 1 atom stereocenters. The van der Waals surface area contributed by atoms with Gasteiger partial charge >= 0.3 is 0 Å². The van der Waals surface area contributed by atoms with Crippen LogP contribution in [0.15, 0.2) is 24.3 Å². The zero-order valence-electron chi connectivity index (χ0n) is 10.9. The summed E-state index contributed by atoms with van der Waals surface area (Å²) >= 11 is 0. The van der Waals surface area contributed by atoms with E-state index in [2.05, 4.69) is 24.4 Å². The van der Waals surface area contributed by atoms with Gasteiger partial charge in [0.1, 0.15) is 0 Å². The highest BCUT2D eigenvalue weighted by atomic mass is 16.3. The lowest BCUT2D eigenvalue weighted by Crippen LogP contribution is -2.33. The van der Waals surface area contributed by atoms with Gasteiger partial charge in [0.05, 0.1) is 5.60 Å². The van der Waals surface area contributed by atoms with Crippen molar-refractivity contribution in [1.82, 2.24) is 5.32 Å². The van der Waals surface area contributed by atoms with Crippen LogP contribution in [0.25, 0.3) is 0 Å². The molecule has 0 aromatic heterocycles. The van der Waals surface area contributed by atoms with E-state index < -0.39 is 5.60 Å². The highest BCUT2D eigenvalue weighted by Crippen LogP contribution is 2.33. The molecule has 1 heterocycles. The summed E-state index contributed by atoms with van der Waals surface area (Å²) < 4.78 is 0. The maximum absolute atomic E-state index is 10.7. The molecular formula is C15H23NO. The molecule has 1 saturated heterocycles. The first kappa shape index (κ1) is 12.6. The first-order valence-electron chi connectivity index (χ1n) is 6.59. The van der Waals surface area contributed by atoms with Crippen molar-refractivity contribution >= 4 is 0 Å². The van der Waals surface area contributed by atoms with Gasteiger partial charge in [0.25, 0.3) is 0 Å². The van der Waals surface area contributed by atoms with Crippen molar-refractivity contribution in [3.63, 3.8) is 0 Å². The van der Waals surface area contributed by atoms with E-state index in [1.54, 1.807) is 0 Å². The predicted octanol–water partition coefficient (Wildman–Crippen LogP) is 2.59. The van der Waals surface area contributed by atoms with Gasteiger partial charge in [-0.2, -0.15) is 0 Å². The third-order valence-electron chi connectivity index (χ3n) is 3.87. The van der Waals surface area contributed by atoms with Gasteiger partial charge < -0.3 is 10.4 Å². The van der Waals surface area contributed by atoms with Crippen LogP contribution in [-0.2, 0) is 5.60 Å². The van der Waals surface area contributed by atoms with Crippen LogP contribution in [0.4, 0.5) is 0 Å². The number of aryl methyl sites for hydroxylation is 1. The molecule has 1 aliphatic heterocycles. The van der Waals surface area contributed by atoms with Crippen molar-refractivity contribution in [3.8, 4) is 0 Å². The Kier molecular flexibility index (Phi) is 3.85. The summed E-state index contributed by atoms with van der Waals surface area (Å²) in [6.45, 7) is 6.21. The van der Waals surface area contributed by atoms with Crippen molar-refractivity contribution in [2.75, 3.05) is 13.1 Å². The zero-order chi connectivity index (χ0) is 12.3. The van der Waals surface area contributed by atoms with E-state index in [4.69, 9.17) is 0 Å². The summed E-state index contributed by atoms with van der Waals surface area (Å²) in [4.78, 5) is 0. The molecule has 0 aliphatic carbocycles. The van der Waals surface area contributed by atoms with Crippen LogP contribution in [0.3, 0.4) is 0 Å². The zero-order valence-corrected chi connectivity index (χ0v) is 10.9. The monoisotopic (exact) mass is 233 g/mol. The molecular weight excluding hydrogens is 210 g/mol. The molecule has 1 aromatic rings. The Bertz CT molecular complexity index is 367. The Balaban J connectivity index is 2.10. The van der Waals surface area contributed by atoms with E-state index in [1.165, 1.54) is 18.4 Å². The van der Waals surface area contributed by atoms with Crippen LogP contribution >= 0.6 is 0 Å². The summed E-state index contributed by atoms with van der Waals surface area (Å²) in [5, 5.41) is 14.1. The third-order valence-corrected chi connectivity index (χ3v) is 3.87. The van der Waals surface area contributed by atoms with Gasteiger partial charge in [0, 0.05) is 0 Å². The standard InChI is InChI=1S/C15H23NO/c1-12-5-3-4-6-14(12)15(2,17)11-13-7-9-16-10-8-13/h3-6,13,16-17H,7-11H2,1-2H3. The summed E-state index contributed by atoms with van der Waals surface area (Å²) in [6, 6.07) is 8.17. The van der Waals surface area contributed by atoms with Crippen LogP contribution in [0.5, 0.6) is 0 Å². The molecule has 2 N–H and O–H groups in total. The predicted molar refractivity (Wildman–Crippen MR) is 71.0 cm³/mol. The highest BCUT2D eigenvalue weighted by molar-refractivity contribution is 5.30. The molecule has 1 aromatic carbocycles. The third kappa shape index (κ3) is 3.08. The molecule has 2 rings (SSSR count). The van der Waals surface area contributed by atoms with Crippen LogP contribution < -0.4 is 5.32 Å². The van der Waals surface area contributed by atoms with E-state index in [0.29, 0.717) is 5.92 Å². The number of rotatable bonds is 3. The normalized spacial score (nSPS) is 21.1. The lowest BCUT2D eigenvalue weighted by Gasteiger charge is -2.32. The molecule has 2 heteroatoms. The Hall–Kier alpha value is -0.860. The summed E-state index contributed by atoms with van der Waals surface area (Å²) in [6.07, 6.45) is 3.24. The first-order chi connectivity index (χ1) is 8.09. The molecule has 0 saturated carbocycles. The summed E-state index contributed by atoms with van der Waals surface area (Å²) in [7, 11) is 0. The molecule has 1 fully saturated rings. The van der Waals surface area contributed by atoms with E-state index in [1.807, 2.05) is 19.1 Å². The first-order valence-corrected chi connectivity index (χ1v) is 6.59. The molecule has 2 nitrogen and oxygen atoms in total. The van der Waals surface area contributed by atoms with Crippen molar-refractivity contribution in [2.24, 2.45) is 5.92 Å². The van der Waals surface area contributed by atoms with Gasteiger partial charge in [0.2, 0.25) is 0 Å². The van der Waals surface area contributed by atoms with Gasteiger partial charge in [-0.15, -0.1) is 0 Å². The maximum atomic E-state index is 10.7. The second-order valence-electron chi connectivity index (χ2n) is 5.49. The van der Waals surface area contributed by atoms with Crippen molar-refractivity contribution in [1.29, 1.82) is 0 Å². The van der Waals surface area contributed by atoms with E-state index in [9.17, 15) is 5.11 Å². The lowest BCUT2D eigenvalue weighted by molar-refractivity contribution is 0.0244. The van der Waals surface area contributed by atoms with E-state index in [-0.39, 0.29) is 0 Å². The van der Waals surface area contributed by atoms with Crippen LogP contribution in [0.2, 0.25) is 0 Å². The number of aliphatic hydroxyl groups is 1. The minimum absolute atomic E-state index is 0.644. The molecule has 0 amide bonds. The van der Waals surface area contributed by atoms with Crippen LogP contribution in [0, 0.1) is 12.8 Å². The topological polar surface area (TPSA) is 32.3 Å². The van der Waals surface area contributed by atoms with Gasteiger partial charge in [-0.05, 0) is 63.2 Å². The number of benzene rings is 1. The molecule has 1 aliphatic rings. The van der Waals surface area contributed by atoms with Crippen molar-refractivity contribution < 1.29 is 5.11 Å². The minimum Gasteiger partial charge on any atom is -0.385 e. The SMILES string of the molecule is Cc1ccccc1C(C)(O)CC1CCNCC1. The molecule has 0 radical (unpaired) electrons. The van der Waals surface area contributed by atoms with Crippen LogP contribution in [0.1, 0.15) is 37.3 Å². The number of hydrogen-bond acceptors (Lipinski definition) is 2. The fourth-order valence-corrected chi connectivity index (χ4v) is 2.94. The van der Waals surface area contributed by atoms with Crippen molar-refractivity contribution in [2.45, 2.75) is 38.7 Å². The second kappa shape index (κ2) is 5.19. The second-order valence-corrected chi connectivity index (χ2v) is 5.49. The highest BCUT2D eigenvalue weighted by Gasteiger charge is 2.29. The average molecular weight is 233 g/mol. The quantitative estimate of drug-likeness (QED) is 0.841. The van der Waals surface area contributed by atoms with Gasteiger partial charge in [-0.1, -0.05) is 24.3 Å². The lowest BCUT2D eigenvalue weighted by atomic mass is 9.81. The molecule has 0 spiro atoms. The Morgan fingerprint density at radius 1 is 1.29 bits per heavy atom. The minimum atomic E-state index is -0.687. The summed E-state index contributed by atoms with van der Waals surface area (Å²) in [5.74, 6) is 0.644. The number of nitrogens with one attached hydrogen (secondary N) is 1. The van der Waals surface area contributed by atoms with E-state index in [0.717, 1.165) is 25.1 Å². The largest absolute Gasteiger partial charge is 0.385 e. The van der Waals surface area contributed by atoms with Crippen LogP contribution in [-0.4, -0.2) is 18.2 Å². The van der Waals surface area contributed by atoms with Gasteiger partial charge in [-0.25, -0.2) is 0 Å². The number of piperidine rings is 1. The van der Waals surface area contributed by atoms with Crippen molar-refractivity contribution in [3.05, 3.63) is 35.4 Å². The summed E-state index contributed by atoms with van der Waals surface area (Å²) in [5.41, 5.74) is 1.58. The molecule has 1 unspecified atom stereocenters. The van der Waals surface area contributed by atoms with Gasteiger partial charge in [-0.3, -0.25) is 0 Å². The van der Waals surface area contributed by atoms with E-state index >= 15 is 0 Å². The Morgan fingerprint density at radius 3 is 2.59 bits per heavy atom. The van der Waals surface area contributed by atoms with Gasteiger partial charge in [0.15, 0.2) is 0 Å². The molecule has 0 bridgehead atoms. The molecule has 94 valence electrons. The Morgan fingerprint density at radius 2 is 1.94 bits per heavy atom.